The molecule has 0 saturated carbocycles. The number of carbonyl (C=O) groups excluding carboxylic acids is 3. The molecule has 176 valence electrons. The number of carbonyl (C=O) groups is 3. The Morgan fingerprint density at radius 1 is 1.19 bits per heavy atom. The molecule has 1 atom stereocenters. The number of hydrogen-bond acceptors (Lipinski definition) is 5. The molecule has 0 N–H and O–H groups in total. The average Bonchev–Trinajstić information content (AvgIpc) is 2.70. The normalized spacial score (nSPS) is 11.6. The van der Waals surface area contributed by atoms with Gasteiger partial charge in [-0.25, -0.2) is 14.0 Å². The zero-order chi connectivity index (χ0) is 24.2. The second-order valence-corrected chi connectivity index (χ2v) is 8.57. The predicted molar refractivity (Wildman–Crippen MR) is 120 cm³/mol. The highest BCUT2D eigenvalue weighted by Gasteiger charge is 2.21. The Morgan fingerprint density at radius 2 is 1.81 bits per heavy atom. The van der Waals surface area contributed by atoms with Crippen LogP contribution in [-0.2, 0) is 9.47 Å². The van der Waals surface area contributed by atoms with Gasteiger partial charge in [-0.15, -0.1) is 0 Å². The summed E-state index contributed by atoms with van der Waals surface area (Å²) in [6.07, 6.45) is 3.50. The molecule has 0 fully saturated rings. The van der Waals surface area contributed by atoms with Crippen molar-refractivity contribution in [2.24, 2.45) is 5.92 Å². The molecule has 0 aromatic heterocycles. The summed E-state index contributed by atoms with van der Waals surface area (Å²) in [7, 11) is 1.18. The summed E-state index contributed by atoms with van der Waals surface area (Å²) >= 11 is 0. The van der Waals surface area contributed by atoms with Gasteiger partial charge in [-0.05, 0) is 64.2 Å². The lowest BCUT2D eigenvalue weighted by atomic mass is 10.1. The third-order valence-corrected chi connectivity index (χ3v) is 4.60. The van der Waals surface area contributed by atoms with Gasteiger partial charge in [-0.2, -0.15) is 0 Å². The van der Waals surface area contributed by atoms with Crippen LogP contribution in [0.25, 0.3) is 0 Å². The van der Waals surface area contributed by atoms with E-state index >= 15 is 0 Å². The predicted octanol–water partition coefficient (Wildman–Crippen LogP) is 5.80. The third kappa shape index (κ3) is 10.9. The molecule has 0 saturated heterocycles. The van der Waals surface area contributed by atoms with E-state index in [9.17, 15) is 18.8 Å². The zero-order valence-electron chi connectivity index (χ0n) is 20.2. The molecule has 1 rings (SSSR count). The molecule has 0 aliphatic heterocycles. The van der Waals surface area contributed by atoms with Gasteiger partial charge in [0.15, 0.2) is 6.29 Å². The number of rotatable bonds is 8. The SMILES string of the molecule is CCCN(CCC(C)CC)C(=O)OC(C)(C)C.COC(=O)c1cc(F)c(C)cc1C=O. The maximum atomic E-state index is 13.1. The summed E-state index contributed by atoms with van der Waals surface area (Å²) in [6.45, 7) is 15.3. The van der Waals surface area contributed by atoms with E-state index in [1.165, 1.54) is 20.1 Å². The van der Waals surface area contributed by atoms with E-state index < -0.39 is 17.4 Å². The van der Waals surface area contributed by atoms with Gasteiger partial charge in [-0.3, -0.25) is 4.79 Å². The molecule has 7 heteroatoms. The van der Waals surface area contributed by atoms with E-state index in [0.29, 0.717) is 17.8 Å². The summed E-state index contributed by atoms with van der Waals surface area (Å²) in [5.41, 5.74) is 0.000473. The summed E-state index contributed by atoms with van der Waals surface area (Å²) in [4.78, 5) is 35.5. The van der Waals surface area contributed by atoms with E-state index in [0.717, 1.165) is 38.4 Å². The van der Waals surface area contributed by atoms with Gasteiger partial charge < -0.3 is 14.4 Å². The number of hydrogen-bond donors (Lipinski definition) is 0. The van der Waals surface area contributed by atoms with Crippen LogP contribution < -0.4 is 0 Å². The van der Waals surface area contributed by atoms with Crippen LogP contribution in [-0.4, -0.2) is 49.0 Å². The number of benzene rings is 1. The Balaban J connectivity index is 0.000000590. The second kappa shape index (κ2) is 13.8. The summed E-state index contributed by atoms with van der Waals surface area (Å²) in [6, 6.07) is 2.32. The Morgan fingerprint density at radius 3 is 2.26 bits per heavy atom. The van der Waals surface area contributed by atoms with Gasteiger partial charge >= 0.3 is 12.1 Å². The number of nitrogens with zero attached hydrogens (tertiary/aromatic N) is 1. The number of aldehydes is 1. The molecule has 1 amide bonds. The highest BCUT2D eigenvalue weighted by molar-refractivity contribution is 5.98. The molecular weight excluding hydrogens is 401 g/mol. The fourth-order valence-electron chi connectivity index (χ4n) is 2.56. The van der Waals surface area contributed by atoms with Gasteiger partial charge in [0.1, 0.15) is 11.4 Å². The maximum absolute atomic E-state index is 13.1. The number of amides is 1. The van der Waals surface area contributed by atoms with Crippen LogP contribution in [0, 0.1) is 18.7 Å². The van der Waals surface area contributed by atoms with Crippen LogP contribution in [0.5, 0.6) is 0 Å². The number of ether oxygens (including phenoxy) is 2. The fraction of sp³-hybridized carbons (Fsp3) is 0.625. The molecule has 0 aliphatic rings. The third-order valence-electron chi connectivity index (χ3n) is 4.60. The Kier molecular flexibility index (Phi) is 12.7. The molecule has 0 bridgehead atoms. The van der Waals surface area contributed by atoms with Gasteiger partial charge in [-0.1, -0.05) is 27.2 Å². The molecule has 0 spiro atoms. The van der Waals surface area contributed by atoms with Crippen molar-refractivity contribution >= 4 is 18.3 Å². The van der Waals surface area contributed by atoms with Crippen LogP contribution in [0.2, 0.25) is 0 Å². The minimum atomic E-state index is -0.717. The Bertz CT molecular complexity index is 727. The molecule has 6 nitrogen and oxygen atoms in total. The van der Waals surface area contributed by atoms with Crippen molar-refractivity contribution in [2.45, 2.75) is 73.3 Å². The fourth-order valence-corrected chi connectivity index (χ4v) is 2.56. The number of methoxy groups -OCH3 is 1. The van der Waals surface area contributed by atoms with Crippen LogP contribution in [0.4, 0.5) is 9.18 Å². The lowest BCUT2D eigenvalue weighted by molar-refractivity contribution is 0.0240. The summed E-state index contributed by atoms with van der Waals surface area (Å²) in [5.74, 6) is -0.584. The topological polar surface area (TPSA) is 72.9 Å². The van der Waals surface area contributed by atoms with Gasteiger partial charge in [0, 0.05) is 18.7 Å². The van der Waals surface area contributed by atoms with Gasteiger partial charge in [0.25, 0.3) is 0 Å². The van der Waals surface area contributed by atoms with Crippen molar-refractivity contribution < 1.29 is 28.2 Å². The number of aryl methyl sites for hydroxylation is 1. The number of halogens is 1. The average molecular weight is 440 g/mol. The first-order valence-corrected chi connectivity index (χ1v) is 10.7. The Labute approximate surface area is 186 Å². The van der Waals surface area contributed by atoms with Crippen molar-refractivity contribution in [1.29, 1.82) is 0 Å². The molecule has 1 aromatic rings. The zero-order valence-corrected chi connectivity index (χ0v) is 20.2. The van der Waals surface area contributed by atoms with E-state index in [-0.39, 0.29) is 17.2 Å². The summed E-state index contributed by atoms with van der Waals surface area (Å²) < 4.78 is 22.9. The molecule has 31 heavy (non-hydrogen) atoms. The molecule has 1 unspecified atom stereocenters. The maximum Gasteiger partial charge on any atom is 0.410 e. The van der Waals surface area contributed by atoms with E-state index in [1.807, 2.05) is 25.7 Å². The highest BCUT2D eigenvalue weighted by atomic mass is 19.1. The first kappa shape index (κ1) is 28.6. The second-order valence-electron chi connectivity index (χ2n) is 8.57. The quantitative estimate of drug-likeness (QED) is 0.378. The van der Waals surface area contributed by atoms with Crippen molar-refractivity contribution in [3.63, 3.8) is 0 Å². The highest BCUT2D eigenvalue weighted by Crippen LogP contribution is 2.15. The van der Waals surface area contributed by atoms with Crippen molar-refractivity contribution in [1.82, 2.24) is 4.90 Å². The van der Waals surface area contributed by atoms with Crippen LogP contribution in [0.15, 0.2) is 12.1 Å². The standard InChI is InChI=1S/C14H29NO2.C10H9FO3/c1-7-10-15(11-9-12(3)8-2)13(16)17-14(4,5)6;1-6-3-7(5-12)8(4-9(6)11)10(13)14-2/h12H,7-11H2,1-6H3;3-5H,1-2H3. The van der Waals surface area contributed by atoms with Gasteiger partial charge in [0.2, 0.25) is 0 Å². The minimum absolute atomic E-state index is 0.0504. The lowest BCUT2D eigenvalue weighted by Crippen LogP contribution is -2.38. The monoisotopic (exact) mass is 439 g/mol. The molecule has 0 heterocycles. The lowest BCUT2D eigenvalue weighted by Gasteiger charge is -2.27. The molecular formula is C24H38FNO5. The smallest absolute Gasteiger partial charge is 0.410 e. The van der Waals surface area contributed by atoms with Crippen molar-refractivity contribution in [2.75, 3.05) is 20.2 Å². The molecule has 1 aromatic carbocycles. The summed E-state index contributed by atoms with van der Waals surface area (Å²) in [5, 5.41) is 0. The largest absolute Gasteiger partial charge is 0.465 e. The molecule has 0 aliphatic carbocycles. The van der Waals surface area contributed by atoms with Crippen LogP contribution in [0.3, 0.4) is 0 Å². The first-order valence-electron chi connectivity index (χ1n) is 10.7. The van der Waals surface area contributed by atoms with E-state index in [4.69, 9.17) is 4.74 Å². The van der Waals surface area contributed by atoms with E-state index in [2.05, 4.69) is 25.5 Å². The first-order chi connectivity index (χ1) is 14.4. The Hall–Kier alpha value is -2.44. The van der Waals surface area contributed by atoms with Crippen LogP contribution >= 0.6 is 0 Å². The minimum Gasteiger partial charge on any atom is -0.465 e. The van der Waals surface area contributed by atoms with Crippen molar-refractivity contribution in [3.8, 4) is 0 Å². The number of esters is 1. The van der Waals surface area contributed by atoms with Crippen LogP contribution in [0.1, 0.15) is 87.1 Å². The van der Waals surface area contributed by atoms with Gasteiger partial charge in [0.05, 0.1) is 12.7 Å². The molecule has 0 radical (unpaired) electrons. The van der Waals surface area contributed by atoms with E-state index in [1.54, 1.807) is 0 Å². The van der Waals surface area contributed by atoms with Crippen molar-refractivity contribution in [3.05, 3.63) is 34.6 Å².